The van der Waals surface area contributed by atoms with Gasteiger partial charge in [-0.1, -0.05) is 35.8 Å². The Kier molecular flexibility index (Phi) is 5.72. The Morgan fingerprint density at radius 1 is 1.40 bits per heavy atom. The number of nitrogens with two attached hydrogens (primary N) is 1. The van der Waals surface area contributed by atoms with Crippen molar-refractivity contribution in [2.45, 2.75) is 31.7 Å². The van der Waals surface area contributed by atoms with Crippen LogP contribution >= 0.6 is 27.7 Å². The van der Waals surface area contributed by atoms with Gasteiger partial charge >= 0.3 is 0 Å². The third kappa shape index (κ3) is 4.17. The van der Waals surface area contributed by atoms with E-state index in [0.29, 0.717) is 6.54 Å². The molecule has 0 spiro atoms. The van der Waals surface area contributed by atoms with E-state index in [1.807, 2.05) is 11.8 Å². The molecule has 0 heterocycles. The number of rotatable bonds is 5. The molecule has 0 aromatic heterocycles. The Labute approximate surface area is 105 Å². The first-order valence-corrected chi connectivity index (χ1v) is 7.03. The molecule has 0 unspecified atom stereocenters. The van der Waals surface area contributed by atoms with E-state index < -0.39 is 0 Å². The summed E-state index contributed by atoms with van der Waals surface area (Å²) in [6, 6.07) is 6.27. The van der Waals surface area contributed by atoms with Crippen molar-refractivity contribution >= 4 is 27.7 Å². The fourth-order valence-electron chi connectivity index (χ4n) is 1.28. The number of halogens is 1. The summed E-state index contributed by atoms with van der Waals surface area (Å²) < 4.78 is 1.12. The SMILES string of the molecule is CC(C)CCSc1cccc(Br)c1CN. The maximum Gasteiger partial charge on any atom is 0.0231 e. The fraction of sp³-hybridized carbons (Fsp3) is 0.500. The van der Waals surface area contributed by atoms with Gasteiger partial charge in [0.2, 0.25) is 0 Å². The molecule has 15 heavy (non-hydrogen) atoms. The van der Waals surface area contributed by atoms with Crippen LogP contribution in [0.1, 0.15) is 25.8 Å². The molecule has 0 saturated heterocycles. The minimum Gasteiger partial charge on any atom is -0.326 e. The van der Waals surface area contributed by atoms with Gasteiger partial charge in [0.15, 0.2) is 0 Å². The van der Waals surface area contributed by atoms with Crippen LogP contribution in [0, 0.1) is 5.92 Å². The summed E-state index contributed by atoms with van der Waals surface area (Å²) in [4.78, 5) is 1.31. The molecule has 0 saturated carbocycles. The van der Waals surface area contributed by atoms with Crippen LogP contribution < -0.4 is 5.73 Å². The highest BCUT2D eigenvalue weighted by Crippen LogP contribution is 2.29. The Bertz CT molecular complexity index is 312. The van der Waals surface area contributed by atoms with E-state index in [1.54, 1.807) is 0 Å². The van der Waals surface area contributed by atoms with E-state index >= 15 is 0 Å². The Morgan fingerprint density at radius 2 is 2.13 bits per heavy atom. The first-order valence-electron chi connectivity index (χ1n) is 5.25. The van der Waals surface area contributed by atoms with Gasteiger partial charge in [0.25, 0.3) is 0 Å². The average Bonchev–Trinajstić information content (AvgIpc) is 2.17. The molecule has 1 aromatic carbocycles. The minimum absolute atomic E-state index is 0.603. The van der Waals surface area contributed by atoms with E-state index in [2.05, 4.69) is 48.0 Å². The molecule has 1 nitrogen and oxygen atoms in total. The van der Waals surface area contributed by atoms with Crippen molar-refractivity contribution < 1.29 is 0 Å². The highest BCUT2D eigenvalue weighted by atomic mass is 79.9. The second kappa shape index (κ2) is 6.56. The van der Waals surface area contributed by atoms with Crippen molar-refractivity contribution in [2.24, 2.45) is 11.7 Å². The van der Waals surface area contributed by atoms with Crippen LogP contribution in [0.2, 0.25) is 0 Å². The third-order valence-electron chi connectivity index (χ3n) is 2.23. The van der Waals surface area contributed by atoms with Crippen molar-refractivity contribution in [3.8, 4) is 0 Å². The van der Waals surface area contributed by atoms with Crippen LogP contribution in [-0.4, -0.2) is 5.75 Å². The summed E-state index contributed by atoms with van der Waals surface area (Å²) in [6.45, 7) is 5.11. The van der Waals surface area contributed by atoms with Gasteiger partial charge < -0.3 is 5.73 Å². The fourth-order valence-corrected chi connectivity index (χ4v) is 3.29. The molecule has 0 amide bonds. The Hall–Kier alpha value is 0.01000. The zero-order valence-electron chi connectivity index (χ0n) is 9.29. The van der Waals surface area contributed by atoms with Crippen molar-refractivity contribution in [1.82, 2.24) is 0 Å². The largest absolute Gasteiger partial charge is 0.326 e. The van der Waals surface area contributed by atoms with Gasteiger partial charge in [0, 0.05) is 15.9 Å². The molecule has 1 aromatic rings. The van der Waals surface area contributed by atoms with Crippen molar-refractivity contribution in [1.29, 1.82) is 0 Å². The van der Waals surface area contributed by atoms with E-state index in [0.717, 1.165) is 10.4 Å². The highest BCUT2D eigenvalue weighted by Gasteiger charge is 2.05. The maximum absolute atomic E-state index is 5.74. The standard InChI is InChI=1S/C12H18BrNS/c1-9(2)6-7-15-12-5-3-4-11(13)10(12)8-14/h3-5,9H,6-8,14H2,1-2H3. The molecule has 0 aliphatic heterocycles. The summed E-state index contributed by atoms with van der Waals surface area (Å²) >= 11 is 5.44. The molecule has 3 heteroatoms. The first-order chi connectivity index (χ1) is 7.15. The number of hydrogen-bond acceptors (Lipinski definition) is 2. The van der Waals surface area contributed by atoms with Gasteiger partial charge in [-0.3, -0.25) is 0 Å². The molecule has 2 N–H and O–H groups in total. The van der Waals surface area contributed by atoms with Gasteiger partial charge in [-0.05, 0) is 35.8 Å². The number of hydrogen-bond donors (Lipinski definition) is 1. The smallest absolute Gasteiger partial charge is 0.0231 e. The summed E-state index contributed by atoms with van der Waals surface area (Å²) in [6.07, 6.45) is 1.25. The Morgan fingerprint density at radius 3 is 2.73 bits per heavy atom. The normalized spacial score (nSPS) is 11.0. The summed E-state index contributed by atoms with van der Waals surface area (Å²) in [5, 5.41) is 0. The first kappa shape index (κ1) is 13.1. The zero-order valence-corrected chi connectivity index (χ0v) is 11.7. The lowest BCUT2D eigenvalue weighted by atomic mass is 10.2. The second-order valence-corrected chi connectivity index (χ2v) is 5.94. The predicted molar refractivity (Wildman–Crippen MR) is 72.2 cm³/mol. The topological polar surface area (TPSA) is 26.0 Å². The van der Waals surface area contributed by atoms with Gasteiger partial charge in [0.1, 0.15) is 0 Å². The van der Waals surface area contributed by atoms with Crippen LogP contribution in [0.25, 0.3) is 0 Å². The third-order valence-corrected chi connectivity index (χ3v) is 4.11. The number of benzene rings is 1. The van der Waals surface area contributed by atoms with E-state index in [9.17, 15) is 0 Å². The molecule has 0 fully saturated rings. The molecule has 0 atom stereocenters. The zero-order chi connectivity index (χ0) is 11.3. The molecule has 0 aliphatic carbocycles. The maximum atomic E-state index is 5.74. The molecule has 84 valence electrons. The van der Waals surface area contributed by atoms with Crippen LogP contribution in [0.5, 0.6) is 0 Å². The lowest BCUT2D eigenvalue weighted by Crippen LogP contribution is -2.00. The summed E-state index contributed by atoms with van der Waals surface area (Å²) in [5.41, 5.74) is 6.97. The van der Waals surface area contributed by atoms with Crippen molar-refractivity contribution in [3.05, 3.63) is 28.2 Å². The van der Waals surface area contributed by atoms with Crippen molar-refractivity contribution in [3.63, 3.8) is 0 Å². The number of thioether (sulfide) groups is 1. The lowest BCUT2D eigenvalue weighted by Gasteiger charge is -2.10. The summed E-state index contributed by atoms with van der Waals surface area (Å²) in [5.74, 6) is 1.94. The van der Waals surface area contributed by atoms with Crippen LogP contribution in [-0.2, 0) is 6.54 Å². The predicted octanol–water partition coefficient (Wildman–Crippen LogP) is 4.05. The average molecular weight is 288 g/mol. The molecular weight excluding hydrogens is 270 g/mol. The molecule has 0 radical (unpaired) electrons. The molecular formula is C12H18BrNS. The van der Waals surface area contributed by atoms with E-state index in [4.69, 9.17) is 5.73 Å². The quantitative estimate of drug-likeness (QED) is 0.827. The monoisotopic (exact) mass is 287 g/mol. The molecule has 0 bridgehead atoms. The van der Waals surface area contributed by atoms with Gasteiger partial charge in [-0.2, -0.15) is 0 Å². The van der Waals surface area contributed by atoms with E-state index in [1.165, 1.54) is 22.6 Å². The lowest BCUT2D eigenvalue weighted by molar-refractivity contribution is 0.632. The molecule has 0 aliphatic rings. The van der Waals surface area contributed by atoms with E-state index in [-0.39, 0.29) is 0 Å². The van der Waals surface area contributed by atoms with Crippen LogP contribution in [0.15, 0.2) is 27.6 Å². The van der Waals surface area contributed by atoms with Gasteiger partial charge in [-0.25, -0.2) is 0 Å². The van der Waals surface area contributed by atoms with Crippen LogP contribution in [0.3, 0.4) is 0 Å². The highest BCUT2D eigenvalue weighted by molar-refractivity contribution is 9.10. The van der Waals surface area contributed by atoms with Crippen molar-refractivity contribution in [2.75, 3.05) is 5.75 Å². The summed E-state index contributed by atoms with van der Waals surface area (Å²) in [7, 11) is 0. The van der Waals surface area contributed by atoms with Crippen LogP contribution in [0.4, 0.5) is 0 Å². The Balaban J connectivity index is 2.64. The van der Waals surface area contributed by atoms with Gasteiger partial charge in [0.05, 0.1) is 0 Å². The molecule has 1 rings (SSSR count). The second-order valence-electron chi connectivity index (χ2n) is 3.95. The van der Waals surface area contributed by atoms with Gasteiger partial charge in [-0.15, -0.1) is 11.8 Å². The minimum atomic E-state index is 0.603.